The molecule has 0 aromatic heterocycles. The molecule has 3 aromatic rings. The third kappa shape index (κ3) is 5.45. The molecule has 10 heteroatoms. The highest BCUT2D eigenvalue weighted by molar-refractivity contribution is 7.89. The van der Waals surface area contributed by atoms with E-state index in [9.17, 15) is 23.3 Å². The van der Waals surface area contributed by atoms with Crippen molar-refractivity contribution in [3.8, 4) is 5.75 Å². The Morgan fingerprint density at radius 3 is 2.42 bits per heavy atom. The van der Waals surface area contributed by atoms with Gasteiger partial charge < -0.3 is 10.1 Å². The second-order valence-corrected chi connectivity index (χ2v) is 10.1. The van der Waals surface area contributed by atoms with Gasteiger partial charge in [-0.3, -0.25) is 14.9 Å². The summed E-state index contributed by atoms with van der Waals surface area (Å²) in [7, 11) is -2.28. The summed E-state index contributed by atoms with van der Waals surface area (Å²) in [6, 6.07) is 19.1. The summed E-state index contributed by atoms with van der Waals surface area (Å²) in [4.78, 5) is 24.3. The van der Waals surface area contributed by atoms with Crippen molar-refractivity contribution in [2.75, 3.05) is 25.5 Å². The van der Waals surface area contributed by atoms with Crippen molar-refractivity contribution in [1.29, 1.82) is 0 Å². The van der Waals surface area contributed by atoms with Crippen LogP contribution in [0.5, 0.6) is 5.75 Å². The van der Waals surface area contributed by atoms with Gasteiger partial charge in [0.2, 0.25) is 10.0 Å². The van der Waals surface area contributed by atoms with Gasteiger partial charge in [-0.05, 0) is 48.2 Å². The summed E-state index contributed by atoms with van der Waals surface area (Å²) < 4.78 is 32.9. The number of hydrogen-bond acceptors (Lipinski definition) is 6. The Balaban J connectivity index is 1.72. The van der Waals surface area contributed by atoms with E-state index >= 15 is 0 Å². The van der Waals surface area contributed by atoms with Crippen LogP contribution in [0.4, 0.5) is 11.4 Å². The van der Waals surface area contributed by atoms with Gasteiger partial charge in [0, 0.05) is 30.8 Å². The molecule has 0 saturated carbocycles. The minimum absolute atomic E-state index is 0.0597. The molecule has 1 heterocycles. The van der Waals surface area contributed by atoms with Crippen LogP contribution in [-0.2, 0) is 14.8 Å². The van der Waals surface area contributed by atoms with Crippen LogP contribution in [0.25, 0.3) is 11.6 Å². The summed E-state index contributed by atoms with van der Waals surface area (Å²) in [5, 5.41) is 14.0. The molecule has 3 aromatic carbocycles. The molecule has 186 valence electrons. The molecule has 4 rings (SSSR count). The number of non-ortho nitro benzene ring substituents is 1. The molecule has 1 aliphatic rings. The quantitative estimate of drug-likeness (QED) is 0.207. The average molecular weight is 508 g/mol. The third-order valence-electron chi connectivity index (χ3n) is 5.84. The predicted octanol–water partition coefficient (Wildman–Crippen LogP) is 4.57. The van der Waals surface area contributed by atoms with Crippen molar-refractivity contribution >= 4 is 39.0 Å². The van der Waals surface area contributed by atoms with Crippen LogP contribution in [0, 0.1) is 10.1 Å². The highest BCUT2D eigenvalue weighted by atomic mass is 32.2. The minimum Gasteiger partial charge on any atom is -0.495 e. The summed E-state index contributed by atoms with van der Waals surface area (Å²) in [6.07, 6.45) is 3.17. The Morgan fingerprint density at radius 1 is 1.03 bits per heavy atom. The highest BCUT2D eigenvalue weighted by Gasteiger charge is 2.28. The predicted molar refractivity (Wildman–Crippen MR) is 137 cm³/mol. The first-order chi connectivity index (χ1) is 17.3. The number of ether oxygens (including phenoxy) is 1. The molecule has 0 aliphatic carbocycles. The van der Waals surface area contributed by atoms with Crippen LogP contribution in [0.15, 0.2) is 77.7 Å². The lowest BCUT2D eigenvalue weighted by molar-refractivity contribution is -0.384. The number of nitro benzene ring substituents is 1. The molecule has 0 unspecified atom stereocenters. The maximum atomic E-state index is 13.5. The van der Waals surface area contributed by atoms with E-state index in [1.807, 2.05) is 6.07 Å². The lowest BCUT2D eigenvalue weighted by atomic mass is 10.0. The fourth-order valence-corrected chi connectivity index (χ4v) is 5.55. The van der Waals surface area contributed by atoms with Crippen LogP contribution >= 0.6 is 0 Å². The average Bonchev–Trinajstić information content (AvgIpc) is 3.44. The number of carbonyl (C=O) groups is 1. The number of nitrogens with zero attached hydrogens (tertiary/aromatic N) is 2. The molecule has 36 heavy (non-hydrogen) atoms. The molecule has 1 saturated heterocycles. The third-order valence-corrected chi connectivity index (χ3v) is 7.74. The summed E-state index contributed by atoms with van der Waals surface area (Å²) >= 11 is 0. The maximum Gasteiger partial charge on any atom is 0.270 e. The van der Waals surface area contributed by atoms with Gasteiger partial charge in [-0.25, -0.2) is 8.42 Å². The lowest BCUT2D eigenvalue weighted by Gasteiger charge is -2.18. The van der Waals surface area contributed by atoms with E-state index in [2.05, 4.69) is 5.32 Å². The van der Waals surface area contributed by atoms with Gasteiger partial charge in [-0.15, -0.1) is 0 Å². The molecule has 0 radical (unpaired) electrons. The number of benzene rings is 3. The molecular formula is C26H25N3O6S. The number of nitrogens with one attached hydrogen (secondary N) is 1. The zero-order valence-electron chi connectivity index (χ0n) is 19.6. The molecule has 0 atom stereocenters. The zero-order valence-corrected chi connectivity index (χ0v) is 20.4. The highest BCUT2D eigenvalue weighted by Crippen LogP contribution is 2.31. The Labute approximate surface area is 209 Å². The van der Waals surface area contributed by atoms with Crippen molar-refractivity contribution in [2.24, 2.45) is 0 Å². The van der Waals surface area contributed by atoms with Gasteiger partial charge in [0.1, 0.15) is 5.75 Å². The van der Waals surface area contributed by atoms with E-state index in [0.717, 1.165) is 12.8 Å². The van der Waals surface area contributed by atoms with Crippen LogP contribution in [0.2, 0.25) is 0 Å². The van der Waals surface area contributed by atoms with Crippen molar-refractivity contribution in [3.63, 3.8) is 0 Å². The number of carbonyl (C=O) groups excluding carboxylic acids is 1. The first kappa shape index (κ1) is 25.1. The Hall–Kier alpha value is -4.02. The van der Waals surface area contributed by atoms with Gasteiger partial charge in [-0.2, -0.15) is 4.31 Å². The van der Waals surface area contributed by atoms with E-state index in [0.29, 0.717) is 30.0 Å². The van der Waals surface area contributed by atoms with Crippen LogP contribution in [-0.4, -0.2) is 43.8 Å². The summed E-state index contributed by atoms with van der Waals surface area (Å²) in [6.45, 7) is 0.917. The van der Waals surface area contributed by atoms with E-state index in [-0.39, 0.29) is 21.8 Å². The van der Waals surface area contributed by atoms with E-state index in [1.165, 1.54) is 41.7 Å². The number of rotatable bonds is 8. The molecule has 1 aliphatic heterocycles. The summed E-state index contributed by atoms with van der Waals surface area (Å²) in [5.41, 5.74) is 1.39. The largest absolute Gasteiger partial charge is 0.495 e. The standard InChI is InChI=1S/C26H25N3O6S/c1-35-25-13-12-22(36(33,34)28-14-5-6-15-28)18-24(25)27-26(30)23(20-9-3-2-4-10-20)17-19-8-7-11-21(16-19)29(31)32/h2-4,7-13,16-18H,5-6,14-15H2,1H3,(H,27,30)/b23-17+. The second kappa shape index (κ2) is 10.7. The van der Waals surface area contributed by atoms with Gasteiger partial charge in [0.05, 0.1) is 22.6 Å². The summed E-state index contributed by atoms with van der Waals surface area (Å²) in [5.74, 6) is -0.229. The molecular weight excluding hydrogens is 482 g/mol. The van der Waals surface area contributed by atoms with E-state index in [4.69, 9.17) is 4.74 Å². The molecule has 0 bridgehead atoms. The van der Waals surface area contributed by atoms with E-state index < -0.39 is 20.9 Å². The van der Waals surface area contributed by atoms with Gasteiger partial charge in [0.15, 0.2) is 0 Å². The normalized spacial score (nSPS) is 14.4. The minimum atomic E-state index is -3.71. The van der Waals surface area contributed by atoms with Crippen molar-refractivity contribution in [3.05, 3.63) is 94.0 Å². The van der Waals surface area contributed by atoms with Crippen molar-refractivity contribution < 1.29 is 22.9 Å². The van der Waals surface area contributed by atoms with Gasteiger partial charge in [0.25, 0.3) is 11.6 Å². The second-order valence-electron chi connectivity index (χ2n) is 8.20. The first-order valence-corrected chi connectivity index (χ1v) is 12.7. The van der Waals surface area contributed by atoms with E-state index in [1.54, 1.807) is 42.5 Å². The number of sulfonamides is 1. The van der Waals surface area contributed by atoms with Gasteiger partial charge >= 0.3 is 0 Å². The fraction of sp³-hybridized carbons (Fsp3) is 0.192. The smallest absolute Gasteiger partial charge is 0.270 e. The topological polar surface area (TPSA) is 119 Å². The number of nitro groups is 1. The first-order valence-electron chi connectivity index (χ1n) is 11.3. The molecule has 1 amide bonds. The molecule has 1 fully saturated rings. The van der Waals surface area contributed by atoms with Crippen molar-refractivity contribution in [2.45, 2.75) is 17.7 Å². The number of anilines is 1. The van der Waals surface area contributed by atoms with Gasteiger partial charge in [-0.1, -0.05) is 42.5 Å². The molecule has 1 N–H and O–H groups in total. The number of methoxy groups -OCH3 is 1. The Bertz CT molecular complexity index is 1410. The zero-order chi connectivity index (χ0) is 25.7. The molecule has 9 nitrogen and oxygen atoms in total. The maximum absolute atomic E-state index is 13.5. The van der Waals surface area contributed by atoms with Crippen LogP contribution < -0.4 is 10.1 Å². The SMILES string of the molecule is COc1ccc(S(=O)(=O)N2CCCC2)cc1NC(=O)/C(=C/c1cccc([N+](=O)[O-])c1)c1ccccc1. The van der Waals surface area contributed by atoms with Crippen molar-refractivity contribution in [1.82, 2.24) is 4.31 Å². The fourth-order valence-electron chi connectivity index (χ4n) is 4.00. The molecule has 0 spiro atoms. The monoisotopic (exact) mass is 507 g/mol. The Kier molecular flexibility index (Phi) is 7.47. The Morgan fingerprint density at radius 2 is 1.75 bits per heavy atom. The lowest BCUT2D eigenvalue weighted by Crippen LogP contribution is -2.28. The number of amides is 1. The van der Waals surface area contributed by atoms with Crippen LogP contribution in [0.1, 0.15) is 24.0 Å². The van der Waals surface area contributed by atoms with Crippen LogP contribution in [0.3, 0.4) is 0 Å². The number of hydrogen-bond donors (Lipinski definition) is 1.